The predicted octanol–water partition coefficient (Wildman–Crippen LogP) is 2.86. The molecular formula is C10H19O5PS2. The highest BCUT2D eigenvalue weighted by Crippen LogP contribution is 2.59. The lowest BCUT2D eigenvalue weighted by Gasteiger charge is -2.29. The molecule has 0 aromatic carbocycles. The molecule has 8 heteroatoms. The summed E-state index contributed by atoms with van der Waals surface area (Å²) in [6.07, 6.45) is 0. The number of thioether (sulfide) groups is 2. The van der Waals surface area contributed by atoms with E-state index in [1.807, 2.05) is 0 Å². The van der Waals surface area contributed by atoms with Crippen LogP contribution in [0, 0.1) is 0 Å². The Morgan fingerprint density at radius 2 is 1.39 bits per heavy atom. The molecule has 0 bridgehead atoms. The number of carbonyl (C=O) groups excluding carboxylic acids is 2. The first kappa shape index (κ1) is 18.2. The van der Waals surface area contributed by atoms with Gasteiger partial charge in [0.2, 0.25) is 0 Å². The Morgan fingerprint density at radius 3 is 1.67 bits per heavy atom. The first-order chi connectivity index (χ1) is 8.37. The normalized spacial score (nSPS) is 12.4. The van der Waals surface area contributed by atoms with Gasteiger partial charge in [0.05, 0.1) is 18.4 Å². The van der Waals surface area contributed by atoms with E-state index in [0.717, 1.165) is 23.5 Å². The summed E-state index contributed by atoms with van der Waals surface area (Å²) in [5.41, 5.74) is 1.43. The van der Waals surface area contributed by atoms with Crippen LogP contribution in [-0.4, -0.2) is 41.1 Å². The smallest absolute Gasteiger partial charge is 0.307 e. The molecule has 0 aromatic rings. The number of hydrogen-bond acceptors (Lipinski definition) is 7. The van der Waals surface area contributed by atoms with E-state index in [-0.39, 0.29) is 13.2 Å². The number of hydrogen-bond donors (Lipinski definition) is 0. The third-order valence-corrected chi connectivity index (χ3v) is 5.65. The highest BCUT2D eigenvalue weighted by Gasteiger charge is 2.39. The first-order valence-corrected chi connectivity index (χ1v) is 9.01. The molecule has 0 aliphatic carbocycles. The van der Waals surface area contributed by atoms with Gasteiger partial charge in [-0.1, -0.05) is 23.5 Å². The van der Waals surface area contributed by atoms with Crippen molar-refractivity contribution in [3.63, 3.8) is 0 Å². The minimum absolute atomic E-state index is 0.193. The third kappa shape index (κ3) is 6.95. The molecule has 0 saturated carbocycles. The van der Waals surface area contributed by atoms with Crippen molar-refractivity contribution in [2.45, 2.75) is 25.9 Å². The van der Waals surface area contributed by atoms with Gasteiger partial charge in [0.1, 0.15) is 0 Å². The van der Waals surface area contributed by atoms with E-state index in [0.29, 0.717) is 22.7 Å². The maximum atomic E-state index is 12.5. The average molecular weight is 314 g/mol. The lowest BCUT2D eigenvalue weighted by atomic mass is 10.3. The van der Waals surface area contributed by atoms with E-state index >= 15 is 0 Å². The van der Waals surface area contributed by atoms with Gasteiger partial charge in [0, 0.05) is 11.5 Å². The second kappa shape index (κ2) is 9.15. The highest BCUT2D eigenvalue weighted by molar-refractivity contribution is 8.12. The van der Waals surface area contributed by atoms with Crippen LogP contribution in [0.1, 0.15) is 20.8 Å². The zero-order valence-corrected chi connectivity index (χ0v) is 13.3. The summed E-state index contributed by atoms with van der Waals surface area (Å²) in [5.74, 6) is 0.881. The molecule has 0 rings (SSSR count). The van der Waals surface area contributed by atoms with Crippen LogP contribution in [0.2, 0.25) is 0 Å². The molecule has 106 valence electrons. The Morgan fingerprint density at radius 1 is 1.00 bits per heavy atom. The maximum absolute atomic E-state index is 12.5. The van der Waals surface area contributed by atoms with Crippen molar-refractivity contribution < 1.29 is 23.2 Å². The van der Waals surface area contributed by atoms with Gasteiger partial charge >= 0.3 is 7.60 Å². The van der Waals surface area contributed by atoms with Crippen molar-refractivity contribution >= 4 is 42.4 Å². The van der Waals surface area contributed by atoms with Crippen molar-refractivity contribution in [1.29, 1.82) is 0 Å². The lowest BCUT2D eigenvalue weighted by Crippen LogP contribution is -2.20. The Kier molecular flexibility index (Phi) is 9.25. The molecular weight excluding hydrogens is 295 g/mol. The van der Waals surface area contributed by atoms with Crippen LogP contribution in [0.4, 0.5) is 0 Å². The van der Waals surface area contributed by atoms with E-state index < -0.39 is 12.8 Å². The number of rotatable bonds is 10. The molecule has 18 heavy (non-hydrogen) atoms. The zero-order chi connectivity index (χ0) is 14.1. The first-order valence-electron chi connectivity index (χ1n) is 5.37. The van der Waals surface area contributed by atoms with Crippen LogP contribution in [-0.2, 0) is 23.2 Å². The van der Waals surface area contributed by atoms with Gasteiger partial charge in [-0.25, -0.2) is 0 Å². The van der Waals surface area contributed by atoms with Gasteiger partial charge in [0.15, 0.2) is 11.2 Å². The molecule has 0 spiro atoms. The van der Waals surface area contributed by atoms with Gasteiger partial charge in [-0.15, -0.1) is 0 Å². The quantitative estimate of drug-likeness (QED) is 0.349. The predicted molar refractivity (Wildman–Crippen MR) is 77.7 cm³/mol. The van der Waals surface area contributed by atoms with E-state index in [1.54, 1.807) is 20.8 Å². The molecule has 0 aliphatic heterocycles. The van der Waals surface area contributed by atoms with E-state index in [1.165, 1.54) is 0 Å². The summed E-state index contributed by atoms with van der Waals surface area (Å²) in [6, 6.07) is 0. The molecule has 0 aliphatic rings. The molecule has 0 saturated heterocycles. The van der Waals surface area contributed by atoms with Gasteiger partial charge in [-0.3, -0.25) is 14.2 Å². The Labute approximate surface area is 116 Å². The van der Waals surface area contributed by atoms with Crippen LogP contribution >= 0.6 is 31.1 Å². The Bertz CT molecular complexity index is 283. The van der Waals surface area contributed by atoms with Gasteiger partial charge in [-0.05, 0) is 20.8 Å². The van der Waals surface area contributed by atoms with Crippen molar-refractivity contribution in [1.82, 2.24) is 0 Å². The Balaban J connectivity index is 4.30. The van der Waals surface area contributed by atoms with Gasteiger partial charge < -0.3 is 9.05 Å². The molecule has 0 amide bonds. The van der Waals surface area contributed by atoms with Crippen molar-refractivity contribution in [2.75, 3.05) is 24.7 Å². The second-order valence-electron chi connectivity index (χ2n) is 4.27. The largest absolute Gasteiger partial charge is 0.335 e. The molecule has 0 unspecified atom stereocenters. The Hall–Kier alpha value is 0.190. The van der Waals surface area contributed by atoms with E-state index in [2.05, 4.69) is 0 Å². The SMILES string of the molecule is CC(C)(C)P(=O)(OCCSC=O)OCCSC=O. The summed E-state index contributed by atoms with van der Waals surface area (Å²) >= 11 is 2.12. The van der Waals surface area contributed by atoms with Crippen LogP contribution in [0.5, 0.6) is 0 Å². The third-order valence-electron chi connectivity index (χ3n) is 1.88. The summed E-state index contributed by atoms with van der Waals surface area (Å²) in [4.78, 5) is 20.3. The molecule has 5 nitrogen and oxygen atoms in total. The standard InChI is InChI=1S/C10H19O5PS2/c1-10(2,3)16(13,14-4-6-17-8-11)15-5-7-18-9-12/h8-9H,4-7H2,1-3H3. The van der Waals surface area contributed by atoms with E-state index in [4.69, 9.17) is 9.05 Å². The van der Waals surface area contributed by atoms with E-state index in [9.17, 15) is 14.2 Å². The fraction of sp³-hybridized carbons (Fsp3) is 0.800. The number of carbonyl (C=O) groups is 2. The van der Waals surface area contributed by atoms with Crippen LogP contribution in [0.3, 0.4) is 0 Å². The van der Waals surface area contributed by atoms with Crippen molar-refractivity contribution in [2.24, 2.45) is 0 Å². The fourth-order valence-electron chi connectivity index (χ4n) is 0.932. The molecule has 0 aromatic heterocycles. The van der Waals surface area contributed by atoms with Crippen molar-refractivity contribution in [3.05, 3.63) is 0 Å². The minimum atomic E-state index is -3.24. The molecule has 0 radical (unpaired) electrons. The second-order valence-corrected chi connectivity index (χ2v) is 8.99. The average Bonchev–Trinajstić information content (AvgIpc) is 2.29. The van der Waals surface area contributed by atoms with Crippen LogP contribution in [0.25, 0.3) is 0 Å². The van der Waals surface area contributed by atoms with Crippen LogP contribution < -0.4 is 0 Å². The minimum Gasteiger partial charge on any atom is -0.307 e. The molecule has 0 fully saturated rings. The van der Waals surface area contributed by atoms with Gasteiger partial charge in [-0.2, -0.15) is 0 Å². The summed E-state index contributed by atoms with van der Waals surface area (Å²) < 4.78 is 23.2. The van der Waals surface area contributed by atoms with Gasteiger partial charge in [0.25, 0.3) is 0 Å². The summed E-state index contributed by atoms with van der Waals surface area (Å²) in [5, 5.41) is -0.634. The molecule has 0 atom stereocenters. The summed E-state index contributed by atoms with van der Waals surface area (Å²) in [6.45, 7) is 5.70. The lowest BCUT2D eigenvalue weighted by molar-refractivity contribution is 0.206. The topological polar surface area (TPSA) is 69.7 Å². The highest BCUT2D eigenvalue weighted by atomic mass is 32.2. The summed E-state index contributed by atoms with van der Waals surface area (Å²) in [7, 11) is -3.24. The zero-order valence-electron chi connectivity index (χ0n) is 10.8. The fourth-order valence-corrected chi connectivity index (χ4v) is 3.24. The molecule has 0 N–H and O–H groups in total. The monoisotopic (exact) mass is 314 g/mol. The maximum Gasteiger partial charge on any atom is 0.335 e. The molecule has 0 heterocycles. The van der Waals surface area contributed by atoms with Crippen LogP contribution in [0.15, 0.2) is 0 Å². The van der Waals surface area contributed by atoms with Crippen molar-refractivity contribution in [3.8, 4) is 0 Å².